The maximum Gasteiger partial charge on any atom is 0.143 e. The van der Waals surface area contributed by atoms with Crippen molar-refractivity contribution in [2.75, 3.05) is 6.61 Å². The van der Waals surface area contributed by atoms with Gasteiger partial charge in [-0.2, -0.15) is 0 Å². The Hall–Kier alpha value is -2.56. The lowest BCUT2D eigenvalue weighted by Crippen LogP contribution is -1.99. The summed E-state index contributed by atoms with van der Waals surface area (Å²) < 4.78 is 5.64. The second-order valence-corrected chi connectivity index (χ2v) is 6.27. The van der Waals surface area contributed by atoms with Gasteiger partial charge in [0.25, 0.3) is 0 Å². The summed E-state index contributed by atoms with van der Waals surface area (Å²) in [7, 11) is 0. The molecular formula is C20H25N3O2. The quantitative estimate of drug-likeness (QED) is 0.607. The van der Waals surface area contributed by atoms with Gasteiger partial charge in [-0.3, -0.25) is 0 Å². The van der Waals surface area contributed by atoms with E-state index in [0.29, 0.717) is 12.3 Å². The molecule has 0 unspecified atom stereocenters. The lowest BCUT2D eigenvalue weighted by atomic mass is 10.1. The van der Waals surface area contributed by atoms with E-state index in [4.69, 9.17) is 4.74 Å². The van der Waals surface area contributed by atoms with Crippen molar-refractivity contribution in [2.24, 2.45) is 0 Å². The van der Waals surface area contributed by atoms with Gasteiger partial charge in [0.1, 0.15) is 28.2 Å². The maximum atomic E-state index is 10.4. The predicted molar refractivity (Wildman–Crippen MR) is 99.5 cm³/mol. The summed E-state index contributed by atoms with van der Waals surface area (Å²) in [6.07, 6.45) is 5.48. The first-order valence-corrected chi connectivity index (χ1v) is 9.03. The van der Waals surface area contributed by atoms with Crippen LogP contribution in [0.1, 0.15) is 45.1 Å². The van der Waals surface area contributed by atoms with Crippen molar-refractivity contribution in [3.8, 4) is 17.2 Å². The Balaban J connectivity index is 1.83. The van der Waals surface area contributed by atoms with E-state index in [1.165, 1.54) is 17.6 Å². The molecule has 5 nitrogen and oxygen atoms in total. The summed E-state index contributed by atoms with van der Waals surface area (Å²) in [4.78, 5) is 1.49. The van der Waals surface area contributed by atoms with Crippen LogP contribution in [0.15, 0.2) is 36.4 Å². The van der Waals surface area contributed by atoms with E-state index in [0.717, 1.165) is 41.6 Å². The summed E-state index contributed by atoms with van der Waals surface area (Å²) in [5.41, 5.74) is 3.25. The van der Waals surface area contributed by atoms with Crippen LogP contribution in [0.3, 0.4) is 0 Å². The number of unbranched alkanes of at least 4 members (excludes halogenated alkanes) is 2. The molecule has 2 aromatic carbocycles. The minimum atomic E-state index is 0.205. The molecule has 25 heavy (non-hydrogen) atoms. The number of hydrogen-bond donors (Lipinski definition) is 1. The molecule has 3 aromatic rings. The van der Waals surface area contributed by atoms with Crippen LogP contribution in [0.25, 0.3) is 16.7 Å². The van der Waals surface area contributed by atoms with E-state index in [1.807, 2.05) is 36.4 Å². The number of nitrogens with zero attached hydrogens (tertiary/aromatic N) is 3. The average Bonchev–Trinajstić information content (AvgIpc) is 3.03. The van der Waals surface area contributed by atoms with Crippen LogP contribution in [0.5, 0.6) is 11.5 Å². The van der Waals surface area contributed by atoms with E-state index in [9.17, 15) is 5.11 Å². The van der Waals surface area contributed by atoms with Crippen molar-refractivity contribution in [1.29, 1.82) is 0 Å². The first kappa shape index (κ1) is 17.3. The SMILES string of the molecule is CCCCCc1ccc(-n2nc3ccc(OCCC)cc3n2)c(O)c1. The zero-order valence-corrected chi connectivity index (χ0v) is 14.9. The summed E-state index contributed by atoms with van der Waals surface area (Å²) in [5.74, 6) is 0.994. The minimum absolute atomic E-state index is 0.205. The monoisotopic (exact) mass is 339 g/mol. The third-order valence-corrected chi connectivity index (χ3v) is 4.15. The first-order chi connectivity index (χ1) is 12.2. The molecule has 0 radical (unpaired) electrons. The Morgan fingerprint density at radius 2 is 1.80 bits per heavy atom. The number of aromatic hydroxyl groups is 1. The van der Waals surface area contributed by atoms with Gasteiger partial charge in [0.2, 0.25) is 0 Å². The number of fused-ring (bicyclic) bond motifs is 1. The van der Waals surface area contributed by atoms with Crippen molar-refractivity contribution in [3.63, 3.8) is 0 Å². The molecule has 0 aliphatic rings. The van der Waals surface area contributed by atoms with Gasteiger partial charge in [0.15, 0.2) is 0 Å². The highest BCUT2D eigenvalue weighted by atomic mass is 16.5. The largest absolute Gasteiger partial charge is 0.506 e. The highest BCUT2D eigenvalue weighted by Gasteiger charge is 2.10. The number of aryl methyl sites for hydroxylation is 1. The number of aromatic nitrogens is 3. The van der Waals surface area contributed by atoms with Crippen molar-refractivity contribution in [2.45, 2.75) is 46.0 Å². The van der Waals surface area contributed by atoms with Gasteiger partial charge in [0, 0.05) is 6.07 Å². The second-order valence-electron chi connectivity index (χ2n) is 6.27. The van der Waals surface area contributed by atoms with Crippen molar-refractivity contribution < 1.29 is 9.84 Å². The molecule has 5 heteroatoms. The molecule has 0 aliphatic heterocycles. The second kappa shape index (κ2) is 8.01. The van der Waals surface area contributed by atoms with Gasteiger partial charge < -0.3 is 9.84 Å². The number of ether oxygens (including phenoxy) is 1. The van der Waals surface area contributed by atoms with Crippen LogP contribution >= 0.6 is 0 Å². The van der Waals surface area contributed by atoms with E-state index in [1.54, 1.807) is 0 Å². The molecule has 3 rings (SSSR count). The minimum Gasteiger partial charge on any atom is -0.506 e. The van der Waals surface area contributed by atoms with Crippen LogP contribution in [0, 0.1) is 0 Å². The molecule has 0 fully saturated rings. The van der Waals surface area contributed by atoms with E-state index in [-0.39, 0.29) is 5.75 Å². The zero-order chi connectivity index (χ0) is 17.6. The summed E-state index contributed by atoms with van der Waals surface area (Å²) in [6, 6.07) is 11.4. The molecule has 0 bridgehead atoms. The Kier molecular flexibility index (Phi) is 5.53. The Bertz CT molecular complexity index is 842. The van der Waals surface area contributed by atoms with E-state index in [2.05, 4.69) is 24.0 Å². The predicted octanol–water partition coefficient (Wildman–Crippen LogP) is 4.65. The first-order valence-electron chi connectivity index (χ1n) is 9.03. The lowest BCUT2D eigenvalue weighted by Gasteiger charge is -2.06. The molecular weight excluding hydrogens is 314 g/mol. The molecule has 1 heterocycles. The highest BCUT2D eigenvalue weighted by Crippen LogP contribution is 2.25. The average molecular weight is 339 g/mol. The van der Waals surface area contributed by atoms with Crippen LogP contribution < -0.4 is 4.74 Å². The third kappa shape index (κ3) is 4.10. The zero-order valence-electron chi connectivity index (χ0n) is 14.9. The van der Waals surface area contributed by atoms with Gasteiger partial charge >= 0.3 is 0 Å². The number of phenols is 1. The summed E-state index contributed by atoms with van der Waals surface area (Å²) >= 11 is 0. The summed E-state index contributed by atoms with van der Waals surface area (Å²) in [5, 5.41) is 19.3. The van der Waals surface area contributed by atoms with Gasteiger partial charge in [0.05, 0.1) is 6.61 Å². The highest BCUT2D eigenvalue weighted by molar-refractivity contribution is 5.75. The van der Waals surface area contributed by atoms with Crippen LogP contribution in [-0.4, -0.2) is 26.7 Å². The lowest BCUT2D eigenvalue weighted by molar-refractivity contribution is 0.318. The Morgan fingerprint density at radius 1 is 0.960 bits per heavy atom. The standard InChI is InChI=1S/C20H25N3O2/c1-3-5-6-7-15-8-11-19(20(24)13-15)23-21-17-10-9-16(25-12-4-2)14-18(17)22-23/h8-11,13-14,24H,3-7,12H2,1-2H3. The molecule has 0 amide bonds. The molecule has 0 saturated heterocycles. The van der Waals surface area contributed by atoms with Gasteiger partial charge in [-0.1, -0.05) is 32.8 Å². The maximum absolute atomic E-state index is 10.4. The molecule has 1 aromatic heterocycles. The summed E-state index contributed by atoms with van der Waals surface area (Å²) in [6.45, 7) is 4.94. The molecule has 1 N–H and O–H groups in total. The van der Waals surface area contributed by atoms with Gasteiger partial charge in [-0.05, 0) is 49.1 Å². The smallest absolute Gasteiger partial charge is 0.143 e. The Labute approximate surface area is 148 Å². The van der Waals surface area contributed by atoms with Crippen molar-refractivity contribution >= 4 is 11.0 Å². The van der Waals surface area contributed by atoms with E-state index >= 15 is 0 Å². The Morgan fingerprint density at radius 3 is 2.56 bits per heavy atom. The molecule has 132 valence electrons. The molecule has 0 spiro atoms. The normalized spacial score (nSPS) is 11.1. The van der Waals surface area contributed by atoms with Crippen molar-refractivity contribution in [3.05, 3.63) is 42.0 Å². The topological polar surface area (TPSA) is 60.2 Å². The number of hydrogen-bond acceptors (Lipinski definition) is 4. The number of benzene rings is 2. The molecule has 0 aliphatic carbocycles. The number of rotatable bonds is 8. The van der Waals surface area contributed by atoms with Crippen LogP contribution in [-0.2, 0) is 6.42 Å². The van der Waals surface area contributed by atoms with Gasteiger partial charge in [-0.25, -0.2) is 0 Å². The number of phenolic OH excluding ortho intramolecular Hbond substituents is 1. The fourth-order valence-electron chi connectivity index (χ4n) is 2.78. The fraction of sp³-hybridized carbons (Fsp3) is 0.400. The van der Waals surface area contributed by atoms with Crippen LogP contribution in [0.4, 0.5) is 0 Å². The molecule has 0 saturated carbocycles. The van der Waals surface area contributed by atoms with Crippen LogP contribution in [0.2, 0.25) is 0 Å². The molecule has 0 atom stereocenters. The van der Waals surface area contributed by atoms with E-state index < -0.39 is 0 Å². The third-order valence-electron chi connectivity index (χ3n) is 4.15. The fourth-order valence-corrected chi connectivity index (χ4v) is 2.78. The van der Waals surface area contributed by atoms with Gasteiger partial charge in [-0.15, -0.1) is 15.0 Å². The van der Waals surface area contributed by atoms with Crippen molar-refractivity contribution in [1.82, 2.24) is 15.0 Å².